The first kappa shape index (κ1) is 27.9. The fourth-order valence-electron chi connectivity index (χ4n) is 3.94. The van der Waals surface area contributed by atoms with Crippen molar-refractivity contribution < 1.29 is 26.4 Å². The van der Waals surface area contributed by atoms with Gasteiger partial charge in [-0.2, -0.15) is 19.0 Å². The maximum absolute atomic E-state index is 13.4. The van der Waals surface area contributed by atoms with Crippen molar-refractivity contribution in [1.82, 2.24) is 14.0 Å². The molecule has 0 aliphatic carbocycles. The number of piperazine rings is 1. The largest absolute Gasteiger partial charge is 0.479 e. The lowest BCUT2D eigenvalue weighted by molar-refractivity contribution is -0.125. The molecule has 0 aromatic heterocycles. The lowest BCUT2D eigenvalue weighted by Crippen LogP contribution is -2.60. The third-order valence-electron chi connectivity index (χ3n) is 5.90. The Morgan fingerprint density at radius 3 is 2.10 bits per heavy atom. The summed E-state index contributed by atoms with van der Waals surface area (Å²) in [6, 6.07) is 22.4. The van der Waals surface area contributed by atoms with E-state index < -0.39 is 38.5 Å². The van der Waals surface area contributed by atoms with Crippen molar-refractivity contribution in [2.75, 3.05) is 26.2 Å². The van der Waals surface area contributed by atoms with Gasteiger partial charge in [-0.05, 0) is 54.1 Å². The summed E-state index contributed by atoms with van der Waals surface area (Å²) < 4.78 is 60.7. The summed E-state index contributed by atoms with van der Waals surface area (Å²) in [5, 5.41) is 12.5. The summed E-state index contributed by atoms with van der Waals surface area (Å²) in [5.74, 6) is -0.297. The van der Waals surface area contributed by atoms with Crippen LogP contribution in [0.3, 0.4) is 0 Å². The molecule has 3 aromatic carbocycles. The zero-order valence-electron chi connectivity index (χ0n) is 20.6. The number of carbonyl (C=O) groups is 1. The molecule has 1 amide bonds. The van der Waals surface area contributed by atoms with Crippen molar-refractivity contribution in [3.05, 3.63) is 90.5 Å². The second-order valence-electron chi connectivity index (χ2n) is 8.37. The number of nitrogens with one attached hydrogen (secondary N) is 1. The Bertz CT molecular complexity index is 1570. The van der Waals surface area contributed by atoms with E-state index in [4.69, 9.17) is 10.00 Å². The molecule has 1 fully saturated rings. The Kier molecular flexibility index (Phi) is 8.72. The van der Waals surface area contributed by atoms with E-state index in [2.05, 4.69) is 10.5 Å². The smallest absolute Gasteiger partial charge is 0.259 e. The van der Waals surface area contributed by atoms with Crippen LogP contribution >= 0.6 is 0 Å². The molecule has 13 heteroatoms. The van der Waals surface area contributed by atoms with Gasteiger partial charge in [0.15, 0.2) is 6.61 Å². The first-order valence-corrected chi connectivity index (χ1v) is 14.7. The normalized spacial score (nSPS) is 16.9. The minimum atomic E-state index is -4.12. The topological polar surface area (TPSA) is 149 Å². The Balaban J connectivity index is 1.57. The predicted molar refractivity (Wildman–Crippen MR) is 143 cm³/mol. The van der Waals surface area contributed by atoms with Crippen LogP contribution in [0, 0.1) is 11.3 Å². The fraction of sp³-hybridized carbons (Fsp3) is 0.192. The van der Waals surface area contributed by atoms with Crippen molar-refractivity contribution in [1.29, 1.82) is 5.26 Å². The van der Waals surface area contributed by atoms with Gasteiger partial charge in [-0.3, -0.25) is 4.79 Å². The molecule has 11 nitrogen and oxygen atoms in total. The molecule has 1 heterocycles. The number of hydrazone groups is 1. The summed E-state index contributed by atoms with van der Waals surface area (Å²) >= 11 is 0. The van der Waals surface area contributed by atoms with Gasteiger partial charge in [-0.25, -0.2) is 22.3 Å². The summed E-state index contributed by atoms with van der Waals surface area (Å²) in [7, 11) is -8.09. The number of sulfonamides is 2. The highest BCUT2D eigenvalue weighted by Gasteiger charge is 2.43. The van der Waals surface area contributed by atoms with Gasteiger partial charge in [0.2, 0.25) is 20.0 Å². The molecule has 1 aliphatic heterocycles. The van der Waals surface area contributed by atoms with Gasteiger partial charge in [-0.1, -0.05) is 36.4 Å². The standard InChI is InChI=1S/C26H25N5O6S2/c27-15-18-37-22-13-11-21(12-14-22)19-28-29-26(32)25-20-30(38(33,34)23-7-3-1-4-8-23)16-17-31(25)39(35,36)24-9-5-2-6-10-24/h1-14,19,25H,16-18,20H2,(H,29,32)/b28-19-/t25-/m0/s1. The highest BCUT2D eigenvalue weighted by Crippen LogP contribution is 2.25. The molecule has 202 valence electrons. The number of hydrogen-bond donors (Lipinski definition) is 1. The summed E-state index contributed by atoms with van der Waals surface area (Å²) in [4.78, 5) is 13.3. The molecule has 1 atom stereocenters. The minimum Gasteiger partial charge on any atom is -0.479 e. The number of nitrogens with zero attached hydrogens (tertiary/aromatic N) is 4. The molecule has 0 spiro atoms. The van der Waals surface area contributed by atoms with Crippen molar-refractivity contribution >= 4 is 32.2 Å². The van der Waals surface area contributed by atoms with Gasteiger partial charge in [0.25, 0.3) is 5.91 Å². The van der Waals surface area contributed by atoms with Crippen LogP contribution in [-0.2, 0) is 24.8 Å². The van der Waals surface area contributed by atoms with Gasteiger partial charge >= 0.3 is 0 Å². The van der Waals surface area contributed by atoms with E-state index in [-0.39, 0.29) is 29.5 Å². The Morgan fingerprint density at radius 2 is 1.51 bits per heavy atom. The quantitative estimate of drug-likeness (QED) is 0.306. The Hall–Kier alpha value is -4.09. The second-order valence-corrected chi connectivity index (χ2v) is 12.2. The number of ether oxygens (including phenoxy) is 1. The third kappa shape index (κ3) is 6.50. The van der Waals surface area contributed by atoms with Crippen molar-refractivity contribution in [3.63, 3.8) is 0 Å². The molecule has 0 saturated carbocycles. The van der Waals surface area contributed by atoms with E-state index in [1.807, 2.05) is 6.07 Å². The lowest BCUT2D eigenvalue weighted by Gasteiger charge is -2.38. The van der Waals surface area contributed by atoms with Gasteiger partial charge in [0.1, 0.15) is 17.9 Å². The first-order valence-electron chi connectivity index (χ1n) is 11.8. The van der Waals surface area contributed by atoms with Gasteiger partial charge < -0.3 is 4.74 Å². The van der Waals surface area contributed by atoms with E-state index in [9.17, 15) is 21.6 Å². The molecule has 0 radical (unpaired) electrons. The van der Waals surface area contributed by atoms with Crippen LogP contribution < -0.4 is 10.2 Å². The minimum absolute atomic E-state index is 0.00984. The van der Waals surface area contributed by atoms with Crippen molar-refractivity contribution in [2.24, 2.45) is 5.10 Å². The zero-order chi connectivity index (χ0) is 27.9. The molecule has 3 aromatic rings. The van der Waals surface area contributed by atoms with Crippen LogP contribution in [0.25, 0.3) is 0 Å². The van der Waals surface area contributed by atoms with E-state index in [0.29, 0.717) is 11.3 Å². The molecular formula is C26H25N5O6S2. The van der Waals surface area contributed by atoms with Crippen LogP contribution in [0.5, 0.6) is 5.75 Å². The van der Waals surface area contributed by atoms with Gasteiger partial charge in [0, 0.05) is 19.6 Å². The van der Waals surface area contributed by atoms with E-state index in [0.717, 1.165) is 8.61 Å². The molecule has 1 N–H and O–H groups in total. The van der Waals surface area contributed by atoms with Crippen LogP contribution in [0.4, 0.5) is 0 Å². The highest BCUT2D eigenvalue weighted by atomic mass is 32.2. The van der Waals surface area contributed by atoms with Gasteiger partial charge in [-0.15, -0.1) is 0 Å². The lowest BCUT2D eigenvalue weighted by atomic mass is 10.2. The number of hydrogen-bond acceptors (Lipinski definition) is 8. The van der Waals surface area contributed by atoms with Crippen LogP contribution in [0.1, 0.15) is 5.56 Å². The molecular weight excluding hydrogens is 542 g/mol. The summed E-state index contributed by atoms with van der Waals surface area (Å²) in [6.45, 7) is -0.842. The molecule has 1 aliphatic rings. The summed E-state index contributed by atoms with van der Waals surface area (Å²) in [5.41, 5.74) is 2.95. The SMILES string of the molecule is N#CCOc1ccc(/C=N\NC(=O)[C@@H]2CN(S(=O)(=O)c3ccccc3)CCN2S(=O)(=O)c2ccccc2)cc1. The molecule has 0 bridgehead atoms. The average Bonchev–Trinajstić information content (AvgIpc) is 2.97. The average molecular weight is 568 g/mol. The molecule has 1 saturated heterocycles. The first-order chi connectivity index (χ1) is 18.7. The van der Waals surface area contributed by atoms with E-state index >= 15 is 0 Å². The van der Waals surface area contributed by atoms with Crippen LogP contribution in [0.15, 0.2) is 99.8 Å². The van der Waals surface area contributed by atoms with E-state index in [1.54, 1.807) is 60.7 Å². The maximum Gasteiger partial charge on any atom is 0.259 e. The van der Waals surface area contributed by atoms with Gasteiger partial charge in [0.05, 0.1) is 16.0 Å². The maximum atomic E-state index is 13.4. The van der Waals surface area contributed by atoms with E-state index in [1.165, 1.54) is 30.5 Å². The summed E-state index contributed by atoms with van der Waals surface area (Å²) in [6.07, 6.45) is 1.35. The number of amides is 1. The highest BCUT2D eigenvalue weighted by molar-refractivity contribution is 7.89. The number of nitriles is 1. The number of carbonyl (C=O) groups excluding carboxylic acids is 1. The predicted octanol–water partition coefficient (Wildman–Crippen LogP) is 1.80. The third-order valence-corrected chi connectivity index (χ3v) is 9.70. The van der Waals surface area contributed by atoms with Crippen LogP contribution in [-0.4, -0.2) is 69.9 Å². The molecule has 4 rings (SSSR count). The zero-order valence-corrected chi connectivity index (χ0v) is 22.3. The number of rotatable bonds is 9. The van der Waals surface area contributed by atoms with Crippen LogP contribution in [0.2, 0.25) is 0 Å². The Labute approximate surface area is 227 Å². The Morgan fingerprint density at radius 1 is 0.923 bits per heavy atom. The molecule has 39 heavy (non-hydrogen) atoms. The second kappa shape index (κ2) is 12.2. The molecule has 0 unspecified atom stereocenters. The number of benzene rings is 3. The fourth-order valence-corrected chi connectivity index (χ4v) is 6.99. The van der Waals surface area contributed by atoms with Crippen molar-refractivity contribution in [2.45, 2.75) is 15.8 Å². The van der Waals surface area contributed by atoms with Crippen molar-refractivity contribution in [3.8, 4) is 11.8 Å². The monoisotopic (exact) mass is 567 g/mol.